The van der Waals surface area contributed by atoms with Gasteiger partial charge in [-0.2, -0.15) is 13.2 Å². The first-order valence-electron chi connectivity index (χ1n) is 9.42. The summed E-state index contributed by atoms with van der Waals surface area (Å²) < 4.78 is 41.8. The van der Waals surface area contributed by atoms with Crippen molar-refractivity contribution in [3.63, 3.8) is 0 Å². The monoisotopic (exact) mass is 423 g/mol. The first-order valence-corrected chi connectivity index (χ1v) is 10.6. The van der Waals surface area contributed by atoms with Crippen LogP contribution in [-0.2, 0) is 13.0 Å². The summed E-state index contributed by atoms with van der Waals surface area (Å²) in [7, 11) is 0. The van der Waals surface area contributed by atoms with Crippen molar-refractivity contribution in [2.75, 3.05) is 25.9 Å². The average Bonchev–Trinajstić information content (AvgIpc) is 2.71. The molecule has 1 amide bonds. The molecule has 1 aliphatic heterocycles. The van der Waals surface area contributed by atoms with Crippen molar-refractivity contribution in [2.45, 2.75) is 25.2 Å². The molecule has 4 nitrogen and oxygen atoms in total. The van der Waals surface area contributed by atoms with E-state index in [2.05, 4.69) is 10.0 Å². The zero-order valence-electron chi connectivity index (χ0n) is 16.1. The first kappa shape index (κ1) is 21.7. The van der Waals surface area contributed by atoms with Gasteiger partial charge < -0.3 is 10.2 Å². The van der Waals surface area contributed by atoms with Crippen LogP contribution in [0.15, 0.2) is 48.5 Å². The minimum atomic E-state index is -4.34. The molecule has 0 bridgehead atoms. The van der Waals surface area contributed by atoms with Crippen LogP contribution in [0.2, 0.25) is 0 Å². The average molecular weight is 424 g/mol. The molecule has 2 N–H and O–H groups in total. The molecule has 8 heteroatoms. The number of benzene rings is 2. The van der Waals surface area contributed by atoms with Gasteiger partial charge in [-0.15, -0.1) is 0 Å². The van der Waals surface area contributed by atoms with Crippen molar-refractivity contribution >= 4 is 17.9 Å². The van der Waals surface area contributed by atoms with Crippen molar-refractivity contribution in [2.24, 2.45) is 0 Å². The van der Waals surface area contributed by atoms with Crippen LogP contribution in [-0.4, -0.2) is 42.9 Å². The number of hydrogen-bond donors (Lipinski definition) is 2. The normalized spacial score (nSPS) is 15.3. The highest BCUT2D eigenvalue weighted by Crippen LogP contribution is 2.33. The Morgan fingerprint density at radius 2 is 1.86 bits per heavy atom. The number of carbonyl (C=O) groups is 1. The summed E-state index contributed by atoms with van der Waals surface area (Å²) in [6.07, 6.45) is -1.92. The van der Waals surface area contributed by atoms with Gasteiger partial charge in [0.05, 0.1) is 0 Å². The van der Waals surface area contributed by atoms with Crippen molar-refractivity contribution < 1.29 is 18.0 Å². The number of halogens is 3. The van der Waals surface area contributed by atoms with Gasteiger partial charge in [-0.05, 0) is 35.4 Å². The number of hydrogen-bond acceptors (Lipinski definition) is 4. The van der Waals surface area contributed by atoms with Crippen LogP contribution in [0, 0.1) is 0 Å². The van der Waals surface area contributed by atoms with E-state index in [-0.39, 0.29) is 11.5 Å². The lowest BCUT2D eigenvalue weighted by atomic mass is 9.99. The largest absolute Gasteiger partial charge is 0.408 e. The maximum Gasteiger partial charge on any atom is 0.408 e. The summed E-state index contributed by atoms with van der Waals surface area (Å²) in [5.74, 6) is 0.0532. The highest BCUT2D eigenvalue weighted by atomic mass is 32.2. The van der Waals surface area contributed by atoms with E-state index in [9.17, 15) is 18.0 Å². The van der Waals surface area contributed by atoms with Crippen LogP contribution >= 0.6 is 11.9 Å². The predicted octanol–water partition coefficient (Wildman–Crippen LogP) is 3.95. The van der Waals surface area contributed by atoms with E-state index in [1.807, 2.05) is 29.2 Å². The molecule has 156 valence electrons. The summed E-state index contributed by atoms with van der Waals surface area (Å²) in [6, 6.07) is 12.4. The fourth-order valence-corrected chi connectivity index (χ4v) is 3.91. The van der Waals surface area contributed by atoms with E-state index in [1.54, 1.807) is 18.4 Å². The third-order valence-electron chi connectivity index (χ3n) is 4.95. The Labute approximate surface area is 173 Å². The molecule has 0 aliphatic carbocycles. The minimum Gasteiger partial charge on any atom is -0.337 e. The summed E-state index contributed by atoms with van der Waals surface area (Å²) in [6.45, 7) is 2.45. The van der Waals surface area contributed by atoms with E-state index in [0.717, 1.165) is 35.1 Å². The summed E-state index contributed by atoms with van der Waals surface area (Å²) in [4.78, 5) is 14.3. The Balaban J connectivity index is 1.48. The Morgan fingerprint density at radius 3 is 2.55 bits per heavy atom. The second kappa shape index (κ2) is 9.65. The molecule has 1 heterocycles. The Hall–Kier alpha value is -2.03. The van der Waals surface area contributed by atoms with Gasteiger partial charge in [-0.25, -0.2) is 4.72 Å². The van der Waals surface area contributed by atoms with Gasteiger partial charge in [0, 0.05) is 31.7 Å². The standard InChI is InChI=1S/C21H24F3N3OS/c1-29-26-19(21(22,23)24)17-8-6-15(7-9-17)14-25-11-13-27-12-10-16-4-2-3-5-18(16)20(27)28/h2-9,19,25-26H,10-14H2,1H3. The topological polar surface area (TPSA) is 44.4 Å². The van der Waals surface area contributed by atoms with Gasteiger partial charge in [0.15, 0.2) is 0 Å². The molecule has 2 aromatic rings. The highest BCUT2D eigenvalue weighted by molar-refractivity contribution is 7.96. The SMILES string of the molecule is CSNC(c1ccc(CNCCN2CCc3ccccc3C2=O)cc1)C(F)(F)F. The number of nitrogens with one attached hydrogen (secondary N) is 2. The van der Waals surface area contributed by atoms with Gasteiger partial charge in [0.1, 0.15) is 6.04 Å². The van der Waals surface area contributed by atoms with Crippen LogP contribution in [0.25, 0.3) is 0 Å². The molecule has 0 fully saturated rings. The fourth-order valence-electron chi connectivity index (χ4n) is 3.40. The van der Waals surface area contributed by atoms with E-state index >= 15 is 0 Å². The molecule has 1 atom stereocenters. The van der Waals surface area contributed by atoms with Crippen molar-refractivity contribution in [3.05, 3.63) is 70.8 Å². The van der Waals surface area contributed by atoms with Crippen molar-refractivity contribution in [3.8, 4) is 0 Å². The van der Waals surface area contributed by atoms with Crippen LogP contribution < -0.4 is 10.0 Å². The highest BCUT2D eigenvalue weighted by Gasteiger charge is 2.40. The summed E-state index contributed by atoms with van der Waals surface area (Å²) in [5.41, 5.74) is 2.95. The smallest absolute Gasteiger partial charge is 0.337 e. The molecule has 0 saturated carbocycles. The number of alkyl halides is 3. The number of amides is 1. The van der Waals surface area contributed by atoms with Gasteiger partial charge in [-0.1, -0.05) is 54.4 Å². The van der Waals surface area contributed by atoms with E-state index < -0.39 is 12.2 Å². The molecule has 1 aliphatic rings. The zero-order chi connectivity index (χ0) is 20.9. The zero-order valence-corrected chi connectivity index (χ0v) is 16.9. The predicted molar refractivity (Wildman–Crippen MR) is 110 cm³/mol. The molecular weight excluding hydrogens is 399 g/mol. The lowest BCUT2D eigenvalue weighted by Gasteiger charge is -2.28. The Bertz CT molecular complexity index is 827. The minimum absolute atomic E-state index is 0.0532. The maximum atomic E-state index is 13.1. The third-order valence-corrected chi connectivity index (χ3v) is 5.42. The number of nitrogens with zero attached hydrogens (tertiary/aromatic N) is 1. The van der Waals surface area contributed by atoms with Crippen LogP contribution in [0.1, 0.15) is 33.1 Å². The lowest BCUT2D eigenvalue weighted by molar-refractivity contribution is -0.152. The first-order chi connectivity index (χ1) is 13.9. The number of rotatable bonds is 8. The fraction of sp³-hybridized carbons (Fsp3) is 0.381. The van der Waals surface area contributed by atoms with Crippen molar-refractivity contribution in [1.29, 1.82) is 0 Å². The molecule has 3 rings (SSSR count). The van der Waals surface area contributed by atoms with Crippen LogP contribution in [0.4, 0.5) is 13.2 Å². The van der Waals surface area contributed by atoms with Gasteiger partial charge in [0.25, 0.3) is 5.91 Å². The molecule has 0 radical (unpaired) electrons. The van der Waals surface area contributed by atoms with Gasteiger partial charge in [0.2, 0.25) is 0 Å². The van der Waals surface area contributed by atoms with Crippen molar-refractivity contribution in [1.82, 2.24) is 14.9 Å². The maximum absolute atomic E-state index is 13.1. The number of fused-ring (bicyclic) bond motifs is 1. The molecular formula is C21H24F3N3OS. The second-order valence-electron chi connectivity index (χ2n) is 6.91. The molecule has 1 unspecified atom stereocenters. The Morgan fingerprint density at radius 1 is 1.14 bits per heavy atom. The molecule has 0 aromatic heterocycles. The van der Waals surface area contributed by atoms with Gasteiger partial charge in [-0.3, -0.25) is 4.79 Å². The van der Waals surface area contributed by atoms with E-state index in [0.29, 0.717) is 26.2 Å². The number of carbonyl (C=O) groups excluding carboxylic acids is 1. The molecule has 29 heavy (non-hydrogen) atoms. The van der Waals surface area contributed by atoms with Gasteiger partial charge >= 0.3 is 6.18 Å². The lowest BCUT2D eigenvalue weighted by Crippen LogP contribution is -2.41. The van der Waals surface area contributed by atoms with E-state index in [4.69, 9.17) is 0 Å². The summed E-state index contributed by atoms with van der Waals surface area (Å²) in [5, 5.41) is 3.26. The van der Waals surface area contributed by atoms with Crippen LogP contribution in [0.5, 0.6) is 0 Å². The molecule has 0 saturated heterocycles. The molecule has 0 spiro atoms. The second-order valence-corrected chi connectivity index (χ2v) is 7.56. The Kier molecular flexibility index (Phi) is 7.21. The quantitative estimate of drug-likeness (QED) is 0.499. The summed E-state index contributed by atoms with van der Waals surface area (Å²) >= 11 is 0.947. The third kappa shape index (κ3) is 5.52. The molecule has 2 aromatic carbocycles. The van der Waals surface area contributed by atoms with Crippen LogP contribution in [0.3, 0.4) is 0 Å². The van der Waals surface area contributed by atoms with E-state index in [1.165, 1.54) is 12.1 Å².